The smallest absolute Gasteiger partial charge is 0.328 e. The molecule has 13 nitrogen and oxygen atoms in total. The fourth-order valence-electron chi connectivity index (χ4n) is 3.33. The van der Waals surface area contributed by atoms with Crippen molar-refractivity contribution in [3.63, 3.8) is 0 Å². The van der Waals surface area contributed by atoms with Crippen molar-refractivity contribution in [1.82, 2.24) is 20.9 Å². The van der Waals surface area contributed by atoms with Gasteiger partial charge in [0.1, 0.15) is 12.1 Å². The number of para-hydroxylation sites is 1. The van der Waals surface area contributed by atoms with Crippen molar-refractivity contribution in [2.24, 2.45) is 5.73 Å². The maximum Gasteiger partial charge on any atom is 0.328 e. The maximum atomic E-state index is 13.1. The quantitative estimate of drug-likeness (QED) is 0.172. The number of rotatable bonds is 12. The number of H-pyrrole nitrogens is 1. The minimum Gasteiger partial charge on any atom is -0.481 e. The van der Waals surface area contributed by atoms with Gasteiger partial charge in [0.05, 0.1) is 18.6 Å². The average molecular weight is 492 g/mol. The molecule has 1 heterocycles. The minimum absolute atomic E-state index is 0.0128. The molecule has 2 aromatic rings. The van der Waals surface area contributed by atoms with Crippen molar-refractivity contribution in [2.45, 2.75) is 57.0 Å². The molecule has 3 amide bonds. The van der Waals surface area contributed by atoms with Gasteiger partial charge in [-0.2, -0.15) is 0 Å². The SMILES string of the molecule is CC(N)C(=O)NC(Cc1c[nH]c2ccccc12)C(=O)NC(CC(=O)O)C(=O)NC(C(=O)O)C(C)O. The normalized spacial score (nSPS) is 15.3. The van der Waals surface area contributed by atoms with Gasteiger partial charge in [-0.05, 0) is 25.5 Å². The van der Waals surface area contributed by atoms with Gasteiger partial charge in [0.25, 0.3) is 0 Å². The van der Waals surface area contributed by atoms with Crippen LogP contribution in [0.1, 0.15) is 25.8 Å². The Labute approximate surface area is 200 Å². The van der Waals surface area contributed by atoms with Crippen LogP contribution in [0.5, 0.6) is 0 Å². The molecule has 5 atom stereocenters. The Morgan fingerprint density at radius 2 is 1.54 bits per heavy atom. The Bertz CT molecular complexity index is 1100. The van der Waals surface area contributed by atoms with E-state index in [1.807, 2.05) is 23.5 Å². The van der Waals surface area contributed by atoms with Crippen molar-refractivity contribution in [3.8, 4) is 0 Å². The molecule has 9 N–H and O–H groups in total. The maximum absolute atomic E-state index is 13.1. The summed E-state index contributed by atoms with van der Waals surface area (Å²) in [5.74, 6) is -5.64. The van der Waals surface area contributed by atoms with E-state index in [9.17, 15) is 34.2 Å². The molecule has 0 aliphatic carbocycles. The number of aromatic nitrogens is 1. The number of carboxylic acid groups (broad SMARTS) is 2. The molecule has 13 heteroatoms. The first-order valence-electron chi connectivity index (χ1n) is 10.7. The number of nitrogens with two attached hydrogens (primary N) is 1. The zero-order valence-corrected chi connectivity index (χ0v) is 19.1. The summed E-state index contributed by atoms with van der Waals surface area (Å²) >= 11 is 0. The second-order valence-electron chi connectivity index (χ2n) is 8.14. The van der Waals surface area contributed by atoms with E-state index in [2.05, 4.69) is 15.6 Å². The van der Waals surface area contributed by atoms with Gasteiger partial charge >= 0.3 is 11.9 Å². The van der Waals surface area contributed by atoms with E-state index in [4.69, 9.17) is 10.8 Å². The third-order valence-electron chi connectivity index (χ3n) is 5.20. The molecule has 2 rings (SSSR count). The number of hydrogen-bond donors (Lipinski definition) is 8. The van der Waals surface area contributed by atoms with E-state index in [1.165, 1.54) is 6.92 Å². The Morgan fingerprint density at radius 3 is 2.11 bits per heavy atom. The zero-order valence-electron chi connectivity index (χ0n) is 19.1. The van der Waals surface area contributed by atoms with Crippen LogP contribution in [0.2, 0.25) is 0 Å². The minimum atomic E-state index is -1.73. The van der Waals surface area contributed by atoms with Crippen molar-refractivity contribution < 1.29 is 39.3 Å². The summed E-state index contributed by atoms with van der Waals surface area (Å²) in [6.45, 7) is 2.55. The predicted molar refractivity (Wildman–Crippen MR) is 123 cm³/mol. The average Bonchev–Trinajstić information content (AvgIpc) is 3.18. The second-order valence-corrected chi connectivity index (χ2v) is 8.14. The topological polar surface area (TPSA) is 224 Å². The molecular weight excluding hydrogens is 462 g/mol. The standard InChI is InChI=1S/C22H29N5O8/c1-10(23)19(31)25-15(7-12-9-24-14-6-4-3-5-13(12)14)20(32)26-16(8-17(29)30)21(33)27-18(11(2)28)22(34)35/h3-6,9-11,15-16,18,24,28H,7-8,23H2,1-2H3,(H,25,31)(H,26,32)(H,27,33)(H,29,30)(H,34,35). The van der Waals surface area contributed by atoms with E-state index in [-0.39, 0.29) is 6.42 Å². The first-order chi connectivity index (χ1) is 16.4. The van der Waals surface area contributed by atoms with Gasteiger partial charge < -0.3 is 42.0 Å². The first kappa shape index (κ1) is 27.3. The van der Waals surface area contributed by atoms with Crippen LogP contribution in [0.3, 0.4) is 0 Å². The van der Waals surface area contributed by atoms with Crippen molar-refractivity contribution >= 4 is 40.6 Å². The number of nitrogens with one attached hydrogen (secondary N) is 4. The molecule has 0 radical (unpaired) electrons. The molecule has 0 aliphatic rings. The number of fused-ring (bicyclic) bond motifs is 1. The van der Waals surface area contributed by atoms with Crippen LogP contribution < -0.4 is 21.7 Å². The molecule has 5 unspecified atom stereocenters. The van der Waals surface area contributed by atoms with Gasteiger partial charge in [0.2, 0.25) is 17.7 Å². The van der Waals surface area contributed by atoms with Crippen LogP contribution >= 0.6 is 0 Å². The Morgan fingerprint density at radius 1 is 0.943 bits per heavy atom. The summed E-state index contributed by atoms with van der Waals surface area (Å²) in [6.07, 6.45) is -0.714. The number of aliphatic carboxylic acids is 2. The third kappa shape index (κ3) is 7.52. The molecule has 0 spiro atoms. The first-order valence-corrected chi connectivity index (χ1v) is 10.7. The Kier molecular flexibility index (Phi) is 9.31. The number of aliphatic hydroxyl groups excluding tert-OH is 1. The Hall–Kier alpha value is -3.97. The van der Waals surface area contributed by atoms with Crippen LogP contribution in [-0.4, -0.2) is 80.2 Å². The number of benzene rings is 1. The van der Waals surface area contributed by atoms with Crippen LogP contribution in [-0.2, 0) is 30.4 Å². The van der Waals surface area contributed by atoms with E-state index in [0.29, 0.717) is 5.56 Å². The monoisotopic (exact) mass is 491 g/mol. The van der Waals surface area contributed by atoms with Crippen LogP contribution in [0.25, 0.3) is 10.9 Å². The number of hydrogen-bond acceptors (Lipinski definition) is 7. The van der Waals surface area contributed by atoms with Gasteiger partial charge in [0, 0.05) is 23.5 Å². The van der Waals surface area contributed by atoms with Crippen molar-refractivity contribution in [1.29, 1.82) is 0 Å². The highest BCUT2D eigenvalue weighted by Gasteiger charge is 2.33. The van der Waals surface area contributed by atoms with E-state index >= 15 is 0 Å². The molecule has 35 heavy (non-hydrogen) atoms. The fraction of sp³-hybridized carbons (Fsp3) is 0.409. The molecular formula is C22H29N5O8. The summed E-state index contributed by atoms with van der Waals surface area (Å²) < 4.78 is 0. The van der Waals surface area contributed by atoms with E-state index in [0.717, 1.165) is 17.8 Å². The number of amides is 3. The third-order valence-corrected chi connectivity index (χ3v) is 5.20. The van der Waals surface area contributed by atoms with E-state index in [1.54, 1.807) is 12.3 Å². The molecule has 1 aromatic carbocycles. The summed E-state index contributed by atoms with van der Waals surface area (Å²) in [7, 11) is 0. The lowest BCUT2D eigenvalue weighted by molar-refractivity contribution is -0.146. The van der Waals surface area contributed by atoms with Gasteiger partial charge in [-0.15, -0.1) is 0 Å². The Balaban J connectivity index is 2.28. The zero-order chi connectivity index (χ0) is 26.3. The number of carbonyl (C=O) groups excluding carboxylic acids is 3. The highest BCUT2D eigenvalue weighted by molar-refractivity contribution is 5.96. The van der Waals surface area contributed by atoms with Crippen LogP contribution in [0.15, 0.2) is 30.5 Å². The van der Waals surface area contributed by atoms with Gasteiger partial charge in [0.15, 0.2) is 6.04 Å². The lowest BCUT2D eigenvalue weighted by Gasteiger charge is -2.25. The largest absolute Gasteiger partial charge is 0.481 e. The number of carboxylic acids is 2. The molecule has 0 aliphatic heterocycles. The number of aliphatic hydroxyl groups is 1. The molecule has 1 aromatic heterocycles. The van der Waals surface area contributed by atoms with Crippen LogP contribution in [0.4, 0.5) is 0 Å². The van der Waals surface area contributed by atoms with Gasteiger partial charge in [-0.25, -0.2) is 4.79 Å². The van der Waals surface area contributed by atoms with Crippen molar-refractivity contribution in [3.05, 3.63) is 36.0 Å². The lowest BCUT2D eigenvalue weighted by atomic mass is 10.0. The fourth-order valence-corrected chi connectivity index (χ4v) is 3.33. The van der Waals surface area contributed by atoms with Crippen molar-refractivity contribution in [2.75, 3.05) is 0 Å². The lowest BCUT2D eigenvalue weighted by Crippen LogP contribution is -2.58. The second kappa shape index (κ2) is 11.9. The molecule has 0 saturated heterocycles. The van der Waals surface area contributed by atoms with Gasteiger partial charge in [-0.3, -0.25) is 19.2 Å². The predicted octanol–water partition coefficient (Wildman–Crippen LogP) is -1.55. The molecule has 190 valence electrons. The van der Waals surface area contributed by atoms with E-state index < -0.39 is 66.4 Å². The number of carbonyl (C=O) groups is 5. The summed E-state index contributed by atoms with van der Waals surface area (Å²) in [6, 6.07) is 1.65. The van der Waals surface area contributed by atoms with Gasteiger partial charge in [-0.1, -0.05) is 18.2 Å². The molecule has 0 bridgehead atoms. The van der Waals surface area contributed by atoms with Crippen LogP contribution in [0, 0.1) is 0 Å². The summed E-state index contributed by atoms with van der Waals surface area (Å²) in [5.41, 5.74) is 7.07. The number of aromatic amines is 1. The highest BCUT2D eigenvalue weighted by atomic mass is 16.4. The highest BCUT2D eigenvalue weighted by Crippen LogP contribution is 2.19. The molecule has 0 fully saturated rings. The molecule has 0 saturated carbocycles. The summed E-state index contributed by atoms with van der Waals surface area (Å²) in [5, 5.41) is 35.5. The summed E-state index contributed by atoms with van der Waals surface area (Å²) in [4.78, 5) is 63.6.